The molecule has 2 aromatic carbocycles. The lowest BCUT2D eigenvalue weighted by atomic mass is 9.98. The first-order chi connectivity index (χ1) is 9.16. The molecular formula is C15H15N3S. The molecule has 0 radical (unpaired) electrons. The van der Waals surface area contributed by atoms with E-state index in [9.17, 15) is 0 Å². The Hall–Kier alpha value is -1.94. The van der Waals surface area contributed by atoms with Gasteiger partial charge in [-0.25, -0.2) is 0 Å². The predicted molar refractivity (Wildman–Crippen MR) is 83.5 cm³/mol. The molecule has 0 atom stereocenters. The first-order valence-corrected chi connectivity index (χ1v) is 6.71. The molecule has 1 aliphatic rings. The summed E-state index contributed by atoms with van der Waals surface area (Å²) in [6.07, 6.45) is 2.27. The van der Waals surface area contributed by atoms with E-state index < -0.39 is 0 Å². The van der Waals surface area contributed by atoms with E-state index in [0.29, 0.717) is 0 Å². The van der Waals surface area contributed by atoms with Crippen LogP contribution >= 0.6 is 12.2 Å². The molecule has 2 aromatic rings. The molecular weight excluding hydrogens is 254 g/mol. The number of nitrogens with two attached hydrogens (primary N) is 1. The highest BCUT2D eigenvalue weighted by Crippen LogP contribution is 2.32. The molecule has 0 heterocycles. The van der Waals surface area contributed by atoms with Crippen molar-refractivity contribution in [2.45, 2.75) is 19.8 Å². The van der Waals surface area contributed by atoms with Gasteiger partial charge in [-0.3, -0.25) is 5.43 Å². The van der Waals surface area contributed by atoms with Crippen LogP contribution in [-0.2, 0) is 12.8 Å². The second-order valence-corrected chi connectivity index (χ2v) is 5.23. The standard InChI is InChI=1S/C15H15N3S/c1-9(17-18-15(16)19)12-8-7-11-6-5-10-3-2-4-13(12)14(10)11/h2-4,7-8H,5-6H2,1H3,(H3,16,18,19)/b17-9-. The van der Waals surface area contributed by atoms with Gasteiger partial charge in [-0.1, -0.05) is 30.3 Å². The van der Waals surface area contributed by atoms with Crippen molar-refractivity contribution in [3.63, 3.8) is 0 Å². The normalized spacial score (nSPS) is 13.8. The smallest absolute Gasteiger partial charge is 0.184 e. The van der Waals surface area contributed by atoms with Crippen LogP contribution in [0.4, 0.5) is 0 Å². The van der Waals surface area contributed by atoms with Gasteiger partial charge in [0.05, 0.1) is 5.71 Å². The maximum atomic E-state index is 5.40. The summed E-state index contributed by atoms with van der Waals surface area (Å²) in [6, 6.07) is 10.8. The molecule has 3 nitrogen and oxygen atoms in total. The van der Waals surface area contributed by atoms with Crippen molar-refractivity contribution in [1.29, 1.82) is 0 Å². The van der Waals surface area contributed by atoms with Crippen molar-refractivity contribution in [2.75, 3.05) is 0 Å². The molecule has 0 aliphatic heterocycles. The Kier molecular flexibility index (Phi) is 2.95. The van der Waals surface area contributed by atoms with Gasteiger partial charge in [0.15, 0.2) is 5.11 Å². The van der Waals surface area contributed by atoms with E-state index in [2.05, 4.69) is 40.9 Å². The molecule has 0 spiro atoms. The third kappa shape index (κ3) is 2.08. The van der Waals surface area contributed by atoms with Crippen LogP contribution in [0.5, 0.6) is 0 Å². The van der Waals surface area contributed by atoms with E-state index in [-0.39, 0.29) is 5.11 Å². The Morgan fingerprint density at radius 3 is 2.68 bits per heavy atom. The van der Waals surface area contributed by atoms with Crippen LogP contribution in [0.2, 0.25) is 0 Å². The highest BCUT2D eigenvalue weighted by Gasteiger charge is 2.16. The fourth-order valence-corrected chi connectivity index (χ4v) is 2.81. The second kappa shape index (κ2) is 4.63. The maximum absolute atomic E-state index is 5.40. The highest BCUT2D eigenvalue weighted by atomic mass is 32.1. The Balaban J connectivity index is 2.16. The Bertz CT molecular complexity index is 694. The van der Waals surface area contributed by atoms with Crippen molar-refractivity contribution in [3.8, 4) is 0 Å². The van der Waals surface area contributed by atoms with Gasteiger partial charge < -0.3 is 5.73 Å². The zero-order valence-electron chi connectivity index (χ0n) is 10.7. The third-order valence-electron chi connectivity index (χ3n) is 3.60. The molecule has 0 aromatic heterocycles. The Labute approximate surface area is 117 Å². The summed E-state index contributed by atoms with van der Waals surface area (Å²) in [5.41, 5.74) is 12.9. The molecule has 3 N–H and O–H groups in total. The number of rotatable bonds is 2. The van der Waals surface area contributed by atoms with E-state index in [4.69, 9.17) is 18.0 Å². The molecule has 0 bridgehead atoms. The van der Waals surface area contributed by atoms with Gasteiger partial charge in [-0.05, 0) is 53.9 Å². The summed E-state index contributed by atoms with van der Waals surface area (Å²) in [5.74, 6) is 0. The van der Waals surface area contributed by atoms with Crippen LogP contribution in [0.15, 0.2) is 35.4 Å². The zero-order chi connectivity index (χ0) is 13.4. The molecule has 19 heavy (non-hydrogen) atoms. The monoisotopic (exact) mass is 269 g/mol. The number of hydrogen-bond donors (Lipinski definition) is 2. The third-order valence-corrected chi connectivity index (χ3v) is 3.69. The summed E-state index contributed by atoms with van der Waals surface area (Å²) >= 11 is 4.77. The van der Waals surface area contributed by atoms with Crippen molar-refractivity contribution in [1.82, 2.24) is 5.43 Å². The van der Waals surface area contributed by atoms with Gasteiger partial charge in [-0.2, -0.15) is 5.10 Å². The molecule has 4 heteroatoms. The molecule has 0 saturated heterocycles. The first-order valence-electron chi connectivity index (χ1n) is 6.30. The minimum Gasteiger partial charge on any atom is -0.375 e. The SMILES string of the molecule is C/C(=N/NC(N)=S)c1ccc2c3c(cccc13)CC2. The van der Waals surface area contributed by atoms with Gasteiger partial charge in [0, 0.05) is 5.56 Å². The van der Waals surface area contributed by atoms with Crippen molar-refractivity contribution in [3.05, 3.63) is 47.0 Å². The Morgan fingerprint density at radius 2 is 1.95 bits per heavy atom. The van der Waals surface area contributed by atoms with Gasteiger partial charge in [-0.15, -0.1) is 0 Å². The lowest BCUT2D eigenvalue weighted by Gasteiger charge is -2.09. The topological polar surface area (TPSA) is 50.4 Å². The number of nitrogens with zero attached hydrogens (tertiary/aromatic N) is 1. The average Bonchev–Trinajstić information content (AvgIpc) is 2.82. The van der Waals surface area contributed by atoms with Gasteiger partial charge in [0.2, 0.25) is 0 Å². The van der Waals surface area contributed by atoms with Crippen LogP contribution in [0.3, 0.4) is 0 Å². The fraction of sp³-hybridized carbons (Fsp3) is 0.200. The summed E-state index contributed by atoms with van der Waals surface area (Å²) in [6.45, 7) is 1.96. The van der Waals surface area contributed by atoms with Crippen LogP contribution in [-0.4, -0.2) is 10.8 Å². The van der Waals surface area contributed by atoms with Crippen LogP contribution in [0, 0.1) is 0 Å². The number of thiocarbonyl (C=S) groups is 1. The van der Waals surface area contributed by atoms with Gasteiger partial charge in [0.1, 0.15) is 0 Å². The number of aryl methyl sites for hydroxylation is 2. The molecule has 3 rings (SSSR count). The van der Waals surface area contributed by atoms with Crippen LogP contribution < -0.4 is 11.2 Å². The van der Waals surface area contributed by atoms with E-state index in [1.807, 2.05) is 6.92 Å². The van der Waals surface area contributed by atoms with Crippen molar-refractivity contribution >= 4 is 33.8 Å². The summed E-state index contributed by atoms with van der Waals surface area (Å²) in [4.78, 5) is 0. The van der Waals surface area contributed by atoms with Gasteiger partial charge in [0.25, 0.3) is 0 Å². The fourth-order valence-electron chi connectivity index (χ4n) is 2.76. The lowest BCUT2D eigenvalue weighted by Crippen LogP contribution is -2.25. The zero-order valence-corrected chi connectivity index (χ0v) is 11.6. The molecule has 0 unspecified atom stereocenters. The molecule has 1 aliphatic carbocycles. The van der Waals surface area contributed by atoms with Crippen LogP contribution in [0.25, 0.3) is 10.8 Å². The lowest BCUT2D eigenvalue weighted by molar-refractivity contribution is 1.02. The number of hydrazone groups is 1. The van der Waals surface area contributed by atoms with Crippen molar-refractivity contribution < 1.29 is 0 Å². The second-order valence-electron chi connectivity index (χ2n) is 4.79. The number of hydrogen-bond acceptors (Lipinski definition) is 2. The minimum atomic E-state index is 0.185. The maximum Gasteiger partial charge on any atom is 0.184 e. The van der Waals surface area contributed by atoms with E-state index in [0.717, 1.165) is 24.1 Å². The van der Waals surface area contributed by atoms with E-state index in [1.165, 1.54) is 21.9 Å². The molecule has 96 valence electrons. The summed E-state index contributed by atoms with van der Waals surface area (Å²) < 4.78 is 0. The minimum absolute atomic E-state index is 0.185. The largest absolute Gasteiger partial charge is 0.375 e. The quantitative estimate of drug-likeness (QED) is 0.500. The van der Waals surface area contributed by atoms with Crippen molar-refractivity contribution in [2.24, 2.45) is 10.8 Å². The number of benzene rings is 2. The van der Waals surface area contributed by atoms with E-state index in [1.54, 1.807) is 0 Å². The van der Waals surface area contributed by atoms with Crippen LogP contribution in [0.1, 0.15) is 23.6 Å². The summed E-state index contributed by atoms with van der Waals surface area (Å²) in [7, 11) is 0. The highest BCUT2D eigenvalue weighted by molar-refractivity contribution is 7.80. The predicted octanol–water partition coefficient (Wildman–Crippen LogP) is 2.50. The molecule has 0 amide bonds. The molecule has 0 fully saturated rings. The summed E-state index contributed by atoms with van der Waals surface area (Å²) in [5, 5.41) is 7.07. The van der Waals surface area contributed by atoms with Gasteiger partial charge >= 0.3 is 0 Å². The number of nitrogens with one attached hydrogen (secondary N) is 1. The Morgan fingerprint density at radius 1 is 1.21 bits per heavy atom. The van der Waals surface area contributed by atoms with E-state index >= 15 is 0 Å². The average molecular weight is 269 g/mol. The molecule has 0 saturated carbocycles. The first kappa shape index (κ1) is 12.1.